The van der Waals surface area contributed by atoms with Gasteiger partial charge in [-0.1, -0.05) is 18.9 Å². The summed E-state index contributed by atoms with van der Waals surface area (Å²) in [5.41, 5.74) is 3.04. The van der Waals surface area contributed by atoms with E-state index in [0.717, 1.165) is 12.5 Å². The third-order valence-corrected chi connectivity index (χ3v) is 2.81. The van der Waals surface area contributed by atoms with Crippen LogP contribution in [0.15, 0.2) is 18.2 Å². The molecule has 2 rings (SSSR count). The van der Waals surface area contributed by atoms with Crippen LogP contribution in [0.5, 0.6) is 0 Å². The van der Waals surface area contributed by atoms with Crippen molar-refractivity contribution in [2.45, 2.75) is 25.3 Å². The van der Waals surface area contributed by atoms with Crippen molar-refractivity contribution in [2.24, 2.45) is 11.8 Å². The lowest BCUT2D eigenvalue weighted by Crippen LogP contribution is -2.29. The van der Waals surface area contributed by atoms with E-state index in [1.54, 1.807) is 0 Å². The van der Waals surface area contributed by atoms with Gasteiger partial charge in [-0.25, -0.2) is 8.78 Å². The maximum absolute atomic E-state index is 13.4. The first-order valence-corrected chi connectivity index (χ1v) is 5.12. The molecule has 0 amide bonds. The maximum Gasteiger partial charge on any atom is 0.130 e. The molecule has 0 spiro atoms. The van der Waals surface area contributed by atoms with Crippen molar-refractivity contribution in [1.29, 1.82) is 0 Å². The molecule has 15 heavy (non-hydrogen) atoms. The monoisotopic (exact) mass is 212 g/mol. The lowest BCUT2D eigenvalue weighted by molar-refractivity contribution is 0.459. The topological polar surface area (TPSA) is 38.0 Å². The summed E-state index contributed by atoms with van der Waals surface area (Å²) in [6.45, 7) is 0. The van der Waals surface area contributed by atoms with Gasteiger partial charge in [0.25, 0.3) is 0 Å². The van der Waals surface area contributed by atoms with E-state index in [2.05, 4.69) is 5.43 Å². The zero-order chi connectivity index (χ0) is 10.8. The largest absolute Gasteiger partial charge is 0.271 e. The Labute approximate surface area is 87.4 Å². The van der Waals surface area contributed by atoms with Gasteiger partial charge in [0.15, 0.2) is 0 Å². The van der Waals surface area contributed by atoms with Crippen molar-refractivity contribution < 1.29 is 8.78 Å². The van der Waals surface area contributed by atoms with Crippen LogP contribution in [0.1, 0.15) is 30.9 Å². The zero-order valence-corrected chi connectivity index (χ0v) is 8.34. The van der Waals surface area contributed by atoms with Crippen molar-refractivity contribution in [3.63, 3.8) is 0 Å². The molecule has 82 valence electrons. The Morgan fingerprint density at radius 2 is 2.13 bits per heavy atom. The molecule has 1 aromatic rings. The minimum atomic E-state index is -0.557. The van der Waals surface area contributed by atoms with E-state index in [4.69, 9.17) is 5.84 Å². The van der Waals surface area contributed by atoms with Crippen molar-refractivity contribution >= 4 is 0 Å². The number of nitrogens with one attached hydrogen (secondary N) is 1. The van der Waals surface area contributed by atoms with Crippen molar-refractivity contribution in [3.05, 3.63) is 35.4 Å². The summed E-state index contributed by atoms with van der Waals surface area (Å²) in [4.78, 5) is 0. The second kappa shape index (κ2) is 4.24. The van der Waals surface area contributed by atoms with E-state index in [1.807, 2.05) is 0 Å². The van der Waals surface area contributed by atoms with Crippen LogP contribution in [-0.2, 0) is 0 Å². The Kier molecular flexibility index (Phi) is 2.98. The summed E-state index contributed by atoms with van der Waals surface area (Å²) in [7, 11) is 0. The lowest BCUT2D eigenvalue weighted by Gasteiger charge is -2.16. The molecule has 0 heterocycles. The SMILES string of the molecule is NNC(CC1CC1)c1ccc(F)cc1F. The average Bonchev–Trinajstić information content (AvgIpc) is 2.99. The van der Waals surface area contributed by atoms with Crippen molar-refractivity contribution in [3.8, 4) is 0 Å². The standard InChI is InChI=1S/C11H14F2N2/c12-8-3-4-9(10(13)6-8)11(15-14)5-7-1-2-7/h3-4,6-7,11,15H,1-2,5,14H2. The van der Waals surface area contributed by atoms with Gasteiger partial charge in [0.05, 0.1) is 0 Å². The van der Waals surface area contributed by atoms with Gasteiger partial charge in [0, 0.05) is 17.7 Å². The molecule has 3 N–H and O–H groups in total. The van der Waals surface area contributed by atoms with Crippen LogP contribution in [0.2, 0.25) is 0 Å². The molecular weight excluding hydrogens is 198 g/mol. The van der Waals surface area contributed by atoms with Crippen LogP contribution in [0.3, 0.4) is 0 Å². The maximum atomic E-state index is 13.4. The molecule has 1 aromatic carbocycles. The fraction of sp³-hybridized carbons (Fsp3) is 0.455. The molecule has 0 radical (unpaired) electrons. The van der Waals surface area contributed by atoms with Gasteiger partial charge in [-0.05, 0) is 18.4 Å². The quantitative estimate of drug-likeness (QED) is 0.593. The predicted molar refractivity (Wildman–Crippen MR) is 53.8 cm³/mol. The highest BCUT2D eigenvalue weighted by Crippen LogP contribution is 2.37. The molecule has 1 unspecified atom stereocenters. The minimum absolute atomic E-state index is 0.210. The summed E-state index contributed by atoms with van der Waals surface area (Å²) in [5, 5.41) is 0. The Morgan fingerprint density at radius 3 is 2.67 bits per heavy atom. The smallest absolute Gasteiger partial charge is 0.130 e. The first kappa shape index (κ1) is 10.5. The van der Waals surface area contributed by atoms with E-state index in [-0.39, 0.29) is 6.04 Å². The highest BCUT2D eigenvalue weighted by Gasteiger charge is 2.27. The molecule has 1 aliphatic carbocycles. The highest BCUT2D eigenvalue weighted by atomic mass is 19.1. The lowest BCUT2D eigenvalue weighted by atomic mass is 10.0. The van der Waals surface area contributed by atoms with Crippen molar-refractivity contribution in [2.75, 3.05) is 0 Å². The number of hydrogen-bond acceptors (Lipinski definition) is 2. The van der Waals surface area contributed by atoms with E-state index < -0.39 is 11.6 Å². The Hall–Kier alpha value is -1.00. The van der Waals surface area contributed by atoms with E-state index in [0.29, 0.717) is 11.5 Å². The van der Waals surface area contributed by atoms with E-state index in [1.165, 1.54) is 25.0 Å². The number of hydrogen-bond donors (Lipinski definition) is 2. The fourth-order valence-corrected chi connectivity index (χ4v) is 1.76. The van der Waals surface area contributed by atoms with Crippen LogP contribution in [0.4, 0.5) is 8.78 Å². The Balaban J connectivity index is 2.16. The zero-order valence-electron chi connectivity index (χ0n) is 8.34. The summed E-state index contributed by atoms with van der Waals surface area (Å²) < 4.78 is 26.1. The molecule has 1 fully saturated rings. The van der Waals surface area contributed by atoms with Crippen LogP contribution in [0.25, 0.3) is 0 Å². The number of rotatable bonds is 4. The molecule has 0 bridgehead atoms. The fourth-order valence-electron chi connectivity index (χ4n) is 1.76. The van der Waals surface area contributed by atoms with Gasteiger partial charge in [-0.15, -0.1) is 0 Å². The average molecular weight is 212 g/mol. The Morgan fingerprint density at radius 1 is 1.40 bits per heavy atom. The van der Waals surface area contributed by atoms with Gasteiger partial charge in [0.1, 0.15) is 11.6 Å². The van der Waals surface area contributed by atoms with Gasteiger partial charge in [0.2, 0.25) is 0 Å². The molecule has 0 saturated heterocycles. The van der Waals surface area contributed by atoms with Crippen LogP contribution in [-0.4, -0.2) is 0 Å². The van der Waals surface area contributed by atoms with E-state index in [9.17, 15) is 8.78 Å². The van der Waals surface area contributed by atoms with Gasteiger partial charge in [-0.3, -0.25) is 11.3 Å². The normalized spacial score (nSPS) is 17.8. The molecule has 1 aliphatic rings. The molecular formula is C11H14F2N2. The second-order valence-corrected chi connectivity index (χ2v) is 4.06. The third-order valence-electron chi connectivity index (χ3n) is 2.81. The number of nitrogens with two attached hydrogens (primary N) is 1. The number of benzene rings is 1. The van der Waals surface area contributed by atoms with Gasteiger partial charge in [-0.2, -0.15) is 0 Å². The summed E-state index contributed by atoms with van der Waals surface area (Å²) in [6, 6.07) is 3.40. The minimum Gasteiger partial charge on any atom is -0.271 e. The molecule has 4 heteroatoms. The molecule has 1 saturated carbocycles. The molecule has 2 nitrogen and oxygen atoms in total. The number of halogens is 2. The Bertz CT molecular complexity index is 350. The summed E-state index contributed by atoms with van der Waals surface area (Å²) in [6.07, 6.45) is 3.18. The predicted octanol–water partition coefficient (Wildman–Crippen LogP) is 2.27. The van der Waals surface area contributed by atoms with Crippen LogP contribution in [0, 0.1) is 17.6 Å². The molecule has 0 aliphatic heterocycles. The summed E-state index contributed by atoms with van der Waals surface area (Å²) >= 11 is 0. The van der Waals surface area contributed by atoms with E-state index >= 15 is 0 Å². The molecule has 1 atom stereocenters. The first-order chi connectivity index (χ1) is 7.20. The number of hydrazine groups is 1. The van der Waals surface area contributed by atoms with Gasteiger partial charge < -0.3 is 0 Å². The second-order valence-electron chi connectivity index (χ2n) is 4.06. The van der Waals surface area contributed by atoms with Gasteiger partial charge >= 0.3 is 0 Å². The first-order valence-electron chi connectivity index (χ1n) is 5.12. The van der Waals surface area contributed by atoms with Crippen LogP contribution >= 0.6 is 0 Å². The van der Waals surface area contributed by atoms with Crippen LogP contribution < -0.4 is 11.3 Å². The third kappa shape index (κ3) is 2.52. The molecule has 0 aromatic heterocycles. The highest BCUT2D eigenvalue weighted by molar-refractivity contribution is 5.22. The van der Waals surface area contributed by atoms with Crippen molar-refractivity contribution in [1.82, 2.24) is 5.43 Å². The summed E-state index contributed by atoms with van der Waals surface area (Å²) in [5.74, 6) is 4.93.